The Hall–Kier alpha value is -3.65. The van der Waals surface area contributed by atoms with E-state index >= 15 is 0 Å². The van der Waals surface area contributed by atoms with E-state index in [2.05, 4.69) is 28.4 Å². The number of carboxylic acid groups (broad SMARTS) is 2. The molecular weight excluding hydrogens is 446 g/mol. The van der Waals surface area contributed by atoms with Crippen LogP contribution in [0.25, 0.3) is 5.57 Å². The number of rotatable bonds is 9. The normalized spacial score (nSPS) is 16.9. The number of aliphatic carboxylic acids is 2. The van der Waals surface area contributed by atoms with Crippen LogP contribution in [0.15, 0.2) is 48.5 Å². The number of anilines is 1. The first kappa shape index (κ1) is 24.5. The van der Waals surface area contributed by atoms with Gasteiger partial charge in [-0.25, -0.2) is 9.59 Å². The molecule has 0 unspecified atom stereocenters. The van der Waals surface area contributed by atoms with Crippen LogP contribution in [0.3, 0.4) is 0 Å². The molecule has 0 spiro atoms. The molecule has 0 bridgehead atoms. The van der Waals surface area contributed by atoms with Crippen LogP contribution < -0.4 is 5.32 Å². The van der Waals surface area contributed by atoms with Gasteiger partial charge in [-0.05, 0) is 67.1 Å². The molecule has 4 rings (SSSR count). The highest BCUT2D eigenvalue weighted by Crippen LogP contribution is 2.32. The summed E-state index contributed by atoms with van der Waals surface area (Å²) in [7, 11) is 1.94. The number of piperidine rings is 1. The molecule has 2 aliphatic rings. The molecule has 2 aromatic carbocycles. The molecule has 8 nitrogen and oxygen atoms in total. The lowest BCUT2D eigenvalue weighted by molar-refractivity contribution is -0.133. The summed E-state index contributed by atoms with van der Waals surface area (Å²) in [5, 5.41) is 21.9. The van der Waals surface area contributed by atoms with E-state index in [-0.39, 0.29) is 11.5 Å². The Balaban J connectivity index is 1.35. The fraction of sp³-hybridized carbons (Fsp3) is 0.370. The van der Waals surface area contributed by atoms with E-state index in [4.69, 9.17) is 5.11 Å². The van der Waals surface area contributed by atoms with Crippen molar-refractivity contribution in [1.82, 2.24) is 9.80 Å². The van der Waals surface area contributed by atoms with Gasteiger partial charge in [-0.2, -0.15) is 0 Å². The summed E-state index contributed by atoms with van der Waals surface area (Å²) in [6, 6.07) is 13.2. The molecule has 2 heterocycles. The second-order valence-corrected chi connectivity index (χ2v) is 9.16. The predicted molar refractivity (Wildman–Crippen MR) is 133 cm³/mol. The van der Waals surface area contributed by atoms with Crippen molar-refractivity contribution in [3.63, 3.8) is 0 Å². The molecule has 0 atom stereocenters. The Bertz CT molecular complexity index is 1150. The summed E-state index contributed by atoms with van der Waals surface area (Å²) in [5.74, 6) is -2.39. The molecule has 3 N–H and O–H groups in total. The highest BCUT2D eigenvalue weighted by atomic mass is 16.4. The number of hydrogen-bond donors (Lipinski definition) is 3. The van der Waals surface area contributed by atoms with Crippen LogP contribution in [0, 0.1) is 5.92 Å². The Morgan fingerprint density at radius 1 is 1.09 bits per heavy atom. The smallest absolute Gasteiger partial charge is 0.336 e. The minimum atomic E-state index is -1.33. The lowest BCUT2D eigenvalue weighted by Gasteiger charge is -2.34. The van der Waals surface area contributed by atoms with Crippen molar-refractivity contribution in [1.29, 1.82) is 0 Å². The molecule has 2 aliphatic heterocycles. The second kappa shape index (κ2) is 10.7. The van der Waals surface area contributed by atoms with Crippen molar-refractivity contribution in [3.8, 4) is 0 Å². The number of amides is 1. The lowest BCUT2D eigenvalue weighted by atomic mass is 9.95. The van der Waals surface area contributed by atoms with Crippen molar-refractivity contribution < 1.29 is 24.6 Å². The summed E-state index contributed by atoms with van der Waals surface area (Å²) >= 11 is 0. The van der Waals surface area contributed by atoms with Crippen LogP contribution in [0.2, 0.25) is 0 Å². The average Bonchev–Trinajstić information content (AvgIpc) is 3.17. The van der Waals surface area contributed by atoms with Crippen molar-refractivity contribution in [2.24, 2.45) is 5.92 Å². The third-order valence-electron chi connectivity index (χ3n) is 7.00. The molecule has 0 radical (unpaired) electrons. The number of para-hydroxylation sites is 1. The number of nitrogens with one attached hydrogen (secondary N) is 1. The van der Waals surface area contributed by atoms with Gasteiger partial charge in [0.25, 0.3) is 5.91 Å². The predicted octanol–water partition coefficient (Wildman–Crippen LogP) is 3.19. The summed E-state index contributed by atoms with van der Waals surface area (Å²) in [5.41, 5.74) is 3.51. The fourth-order valence-electron chi connectivity index (χ4n) is 5.13. The van der Waals surface area contributed by atoms with Gasteiger partial charge in [-0.1, -0.05) is 30.3 Å². The molecule has 1 fully saturated rings. The summed E-state index contributed by atoms with van der Waals surface area (Å²) in [6.07, 6.45) is 3.68. The molecule has 2 aromatic rings. The van der Waals surface area contributed by atoms with E-state index in [0.29, 0.717) is 41.8 Å². The van der Waals surface area contributed by atoms with E-state index < -0.39 is 11.9 Å². The van der Waals surface area contributed by atoms with E-state index in [0.717, 1.165) is 44.6 Å². The topological polar surface area (TPSA) is 110 Å². The number of hydrogen-bond acceptors (Lipinski definition) is 5. The van der Waals surface area contributed by atoms with E-state index in [1.807, 2.05) is 13.1 Å². The molecule has 0 aromatic heterocycles. The number of carbonyl (C=O) groups is 3. The number of fused-ring (bicyclic) bond motifs is 1. The second-order valence-electron chi connectivity index (χ2n) is 9.16. The van der Waals surface area contributed by atoms with Gasteiger partial charge in [0.05, 0.1) is 5.57 Å². The van der Waals surface area contributed by atoms with Crippen LogP contribution in [0.1, 0.15) is 39.9 Å². The van der Waals surface area contributed by atoms with Gasteiger partial charge >= 0.3 is 11.9 Å². The largest absolute Gasteiger partial charge is 0.478 e. The minimum Gasteiger partial charge on any atom is -0.478 e. The van der Waals surface area contributed by atoms with Crippen LogP contribution in [-0.4, -0.2) is 71.1 Å². The molecule has 184 valence electrons. The standard InChI is InChI=1S/C27H31N3O5/c1-28-24-8-3-2-5-19(24)11-14-29-12-9-18(10-13-29)16-30-17-23-20(6-4-7-21(23)26(30)33)22(27(34)35)15-25(31)32/h2-8,15,18,28H,9-14,16-17H2,1H3,(H,31,32)(H,34,35)/b22-15-. The number of carbonyl (C=O) groups excluding carboxylic acids is 1. The molecule has 35 heavy (non-hydrogen) atoms. The third kappa shape index (κ3) is 5.54. The van der Waals surface area contributed by atoms with E-state index in [1.165, 1.54) is 5.56 Å². The van der Waals surface area contributed by atoms with Gasteiger partial charge in [-0.3, -0.25) is 4.79 Å². The van der Waals surface area contributed by atoms with Crippen molar-refractivity contribution in [2.75, 3.05) is 38.5 Å². The zero-order valence-corrected chi connectivity index (χ0v) is 19.9. The first-order valence-electron chi connectivity index (χ1n) is 11.9. The number of likely N-dealkylation sites (tertiary alicyclic amines) is 1. The molecule has 0 aliphatic carbocycles. The lowest BCUT2D eigenvalue weighted by Crippen LogP contribution is -2.39. The van der Waals surface area contributed by atoms with Gasteiger partial charge in [0.2, 0.25) is 0 Å². The molecular formula is C27H31N3O5. The molecule has 1 saturated heterocycles. The Morgan fingerprint density at radius 2 is 1.83 bits per heavy atom. The van der Waals surface area contributed by atoms with Gasteiger partial charge in [-0.15, -0.1) is 0 Å². The number of carboxylic acids is 2. The number of benzene rings is 2. The Labute approximate surface area is 204 Å². The van der Waals surface area contributed by atoms with Crippen LogP contribution >= 0.6 is 0 Å². The summed E-state index contributed by atoms with van der Waals surface area (Å²) in [4.78, 5) is 40.1. The monoisotopic (exact) mass is 477 g/mol. The fourth-order valence-corrected chi connectivity index (χ4v) is 5.13. The Morgan fingerprint density at radius 3 is 2.51 bits per heavy atom. The SMILES string of the molecule is CNc1ccccc1CCN1CCC(CN2Cc3c(cccc3/C(=C/C(=O)O)C(=O)O)C2=O)CC1. The van der Waals surface area contributed by atoms with Crippen molar-refractivity contribution in [3.05, 3.63) is 70.8 Å². The quantitative estimate of drug-likeness (QED) is 0.476. The zero-order chi connectivity index (χ0) is 24.9. The first-order chi connectivity index (χ1) is 16.9. The van der Waals surface area contributed by atoms with Crippen LogP contribution in [-0.2, 0) is 22.6 Å². The molecule has 8 heteroatoms. The maximum atomic E-state index is 13.0. The van der Waals surface area contributed by atoms with E-state index in [1.54, 1.807) is 23.1 Å². The van der Waals surface area contributed by atoms with Crippen LogP contribution in [0.4, 0.5) is 5.69 Å². The van der Waals surface area contributed by atoms with Gasteiger partial charge in [0, 0.05) is 44.0 Å². The average molecular weight is 478 g/mol. The number of nitrogens with zero attached hydrogens (tertiary/aromatic N) is 2. The minimum absolute atomic E-state index is 0.118. The first-order valence-corrected chi connectivity index (χ1v) is 11.9. The summed E-state index contributed by atoms with van der Waals surface area (Å²) < 4.78 is 0. The Kier molecular flexibility index (Phi) is 7.51. The zero-order valence-electron chi connectivity index (χ0n) is 19.9. The van der Waals surface area contributed by atoms with Crippen molar-refractivity contribution >= 4 is 29.1 Å². The maximum Gasteiger partial charge on any atom is 0.336 e. The highest BCUT2D eigenvalue weighted by Gasteiger charge is 2.33. The van der Waals surface area contributed by atoms with Gasteiger partial charge in [0.15, 0.2) is 0 Å². The highest BCUT2D eigenvalue weighted by molar-refractivity contribution is 6.20. The third-order valence-corrected chi connectivity index (χ3v) is 7.00. The molecule has 0 saturated carbocycles. The van der Waals surface area contributed by atoms with Gasteiger partial charge < -0.3 is 25.3 Å². The maximum absolute atomic E-state index is 13.0. The van der Waals surface area contributed by atoms with Crippen LogP contribution in [0.5, 0.6) is 0 Å². The van der Waals surface area contributed by atoms with Crippen molar-refractivity contribution in [2.45, 2.75) is 25.8 Å². The van der Waals surface area contributed by atoms with E-state index in [9.17, 15) is 19.5 Å². The molecule has 1 amide bonds. The summed E-state index contributed by atoms with van der Waals surface area (Å²) in [6.45, 7) is 3.88. The van der Waals surface area contributed by atoms with Gasteiger partial charge in [0.1, 0.15) is 0 Å².